The van der Waals surface area contributed by atoms with Crippen molar-refractivity contribution in [2.24, 2.45) is 0 Å². The van der Waals surface area contributed by atoms with Crippen molar-refractivity contribution in [3.05, 3.63) is 59.9 Å². The molecular formula is C15H16FN3O. The first kappa shape index (κ1) is 13.1. The average molecular weight is 273 g/mol. The third-order valence-corrected chi connectivity index (χ3v) is 3.64. The van der Waals surface area contributed by atoms with Crippen LogP contribution in [0.25, 0.3) is 0 Å². The van der Waals surface area contributed by atoms with Crippen LogP contribution < -0.4 is 0 Å². The zero-order chi connectivity index (χ0) is 13.9. The number of likely N-dealkylation sites (tertiary alicyclic amines) is 1. The molecule has 4 nitrogen and oxygen atoms in total. The summed E-state index contributed by atoms with van der Waals surface area (Å²) in [6, 6.07) is 6.60. The number of aliphatic hydroxyl groups excluding tert-OH is 1. The first-order chi connectivity index (χ1) is 9.72. The zero-order valence-electron chi connectivity index (χ0n) is 11.0. The minimum atomic E-state index is -0.352. The Balaban J connectivity index is 1.80. The van der Waals surface area contributed by atoms with Crippen molar-refractivity contribution in [2.45, 2.75) is 25.1 Å². The molecule has 0 radical (unpaired) electrons. The van der Waals surface area contributed by atoms with Gasteiger partial charge in [0, 0.05) is 37.1 Å². The fourth-order valence-corrected chi connectivity index (χ4v) is 2.73. The predicted molar refractivity (Wildman–Crippen MR) is 72.2 cm³/mol. The first-order valence-corrected chi connectivity index (χ1v) is 6.64. The Morgan fingerprint density at radius 2 is 1.90 bits per heavy atom. The van der Waals surface area contributed by atoms with Crippen LogP contribution in [-0.4, -0.2) is 32.6 Å². The maximum absolute atomic E-state index is 13.0. The number of halogens is 1. The third-order valence-electron chi connectivity index (χ3n) is 3.64. The Bertz CT molecular complexity index is 561. The summed E-state index contributed by atoms with van der Waals surface area (Å²) in [7, 11) is 0. The number of rotatable bonds is 3. The Kier molecular flexibility index (Phi) is 3.71. The van der Waals surface area contributed by atoms with E-state index in [0.29, 0.717) is 19.5 Å². The molecule has 0 spiro atoms. The number of hydrogen-bond donors (Lipinski definition) is 1. The number of benzene rings is 1. The van der Waals surface area contributed by atoms with E-state index in [1.807, 2.05) is 0 Å². The number of nitrogens with zero attached hydrogens (tertiary/aromatic N) is 3. The fourth-order valence-electron chi connectivity index (χ4n) is 2.73. The van der Waals surface area contributed by atoms with Crippen molar-refractivity contribution in [1.29, 1.82) is 0 Å². The van der Waals surface area contributed by atoms with Gasteiger partial charge in [-0.15, -0.1) is 0 Å². The Labute approximate surface area is 116 Å². The summed E-state index contributed by atoms with van der Waals surface area (Å²) in [5.74, 6) is -0.240. The minimum absolute atomic E-state index is 0.103. The van der Waals surface area contributed by atoms with Gasteiger partial charge in [0.2, 0.25) is 0 Å². The van der Waals surface area contributed by atoms with Gasteiger partial charge < -0.3 is 5.11 Å². The molecule has 1 aliphatic rings. The fraction of sp³-hybridized carbons (Fsp3) is 0.333. The molecule has 1 N–H and O–H groups in total. The number of aromatic nitrogens is 2. The van der Waals surface area contributed by atoms with Crippen LogP contribution in [-0.2, 0) is 6.54 Å². The SMILES string of the molecule is O[C@H]1C[C@@H](c2ccc(F)cc2)N(Cc2cncnc2)C1. The maximum Gasteiger partial charge on any atom is 0.123 e. The van der Waals surface area contributed by atoms with Gasteiger partial charge in [0.1, 0.15) is 12.1 Å². The van der Waals surface area contributed by atoms with Crippen LogP contribution in [0.4, 0.5) is 4.39 Å². The van der Waals surface area contributed by atoms with Gasteiger partial charge in [-0.05, 0) is 24.1 Å². The van der Waals surface area contributed by atoms with Crippen LogP contribution in [0.5, 0.6) is 0 Å². The molecule has 5 heteroatoms. The van der Waals surface area contributed by atoms with E-state index in [-0.39, 0.29) is 18.0 Å². The van der Waals surface area contributed by atoms with Gasteiger partial charge in [-0.1, -0.05) is 12.1 Å². The van der Waals surface area contributed by atoms with Crippen molar-refractivity contribution < 1.29 is 9.50 Å². The second kappa shape index (κ2) is 5.64. The van der Waals surface area contributed by atoms with Crippen molar-refractivity contribution in [3.63, 3.8) is 0 Å². The topological polar surface area (TPSA) is 49.2 Å². The molecule has 1 aromatic heterocycles. The van der Waals surface area contributed by atoms with Gasteiger partial charge in [0.25, 0.3) is 0 Å². The van der Waals surface area contributed by atoms with Crippen molar-refractivity contribution in [1.82, 2.24) is 14.9 Å². The molecule has 0 unspecified atom stereocenters. The molecule has 1 aliphatic heterocycles. The van der Waals surface area contributed by atoms with Gasteiger partial charge in [-0.25, -0.2) is 14.4 Å². The predicted octanol–water partition coefficient (Wildman–Crippen LogP) is 1.92. The van der Waals surface area contributed by atoms with Gasteiger partial charge in [0.05, 0.1) is 6.10 Å². The zero-order valence-corrected chi connectivity index (χ0v) is 11.0. The quantitative estimate of drug-likeness (QED) is 0.928. The van der Waals surface area contributed by atoms with Crippen LogP contribution in [0.15, 0.2) is 43.0 Å². The van der Waals surface area contributed by atoms with Gasteiger partial charge in [-0.3, -0.25) is 4.90 Å². The molecule has 1 fully saturated rings. The highest BCUT2D eigenvalue weighted by atomic mass is 19.1. The Morgan fingerprint density at radius 1 is 1.20 bits per heavy atom. The molecule has 0 saturated carbocycles. The van der Waals surface area contributed by atoms with Crippen LogP contribution in [0.1, 0.15) is 23.6 Å². The number of aliphatic hydroxyl groups is 1. The smallest absolute Gasteiger partial charge is 0.123 e. The molecule has 2 heterocycles. The van der Waals surface area contributed by atoms with E-state index in [9.17, 15) is 9.50 Å². The van der Waals surface area contributed by atoms with Crippen LogP contribution >= 0.6 is 0 Å². The third kappa shape index (κ3) is 2.84. The summed E-state index contributed by atoms with van der Waals surface area (Å²) in [6.45, 7) is 1.29. The van der Waals surface area contributed by atoms with Gasteiger partial charge in [-0.2, -0.15) is 0 Å². The molecule has 1 saturated heterocycles. The maximum atomic E-state index is 13.0. The van der Waals surface area contributed by atoms with Crippen LogP contribution in [0.3, 0.4) is 0 Å². The summed E-state index contributed by atoms with van der Waals surface area (Å²) in [6.07, 6.45) is 5.37. The van der Waals surface area contributed by atoms with E-state index in [1.54, 1.807) is 24.5 Å². The number of β-amino-alcohol motifs (C(OH)–C–C–N with tert-alkyl or cyclic N) is 1. The second-order valence-corrected chi connectivity index (χ2v) is 5.13. The van der Waals surface area contributed by atoms with E-state index in [4.69, 9.17) is 0 Å². The summed E-state index contributed by atoms with van der Waals surface area (Å²) in [5, 5.41) is 9.92. The second-order valence-electron chi connectivity index (χ2n) is 5.13. The normalized spacial score (nSPS) is 23.1. The molecule has 2 atom stereocenters. The molecule has 20 heavy (non-hydrogen) atoms. The van der Waals surface area contributed by atoms with Crippen molar-refractivity contribution >= 4 is 0 Å². The Hall–Kier alpha value is -1.85. The highest BCUT2D eigenvalue weighted by Gasteiger charge is 2.31. The molecule has 0 bridgehead atoms. The van der Waals surface area contributed by atoms with Crippen molar-refractivity contribution in [3.8, 4) is 0 Å². The largest absolute Gasteiger partial charge is 0.392 e. The molecule has 3 rings (SSSR count). The summed E-state index contributed by atoms with van der Waals surface area (Å²) >= 11 is 0. The average Bonchev–Trinajstić information content (AvgIpc) is 2.81. The van der Waals surface area contributed by atoms with E-state index < -0.39 is 0 Å². The first-order valence-electron chi connectivity index (χ1n) is 6.64. The van der Waals surface area contributed by atoms with Gasteiger partial charge in [0.15, 0.2) is 0 Å². The lowest BCUT2D eigenvalue weighted by molar-refractivity contribution is 0.172. The van der Waals surface area contributed by atoms with Crippen LogP contribution in [0.2, 0.25) is 0 Å². The van der Waals surface area contributed by atoms with Crippen molar-refractivity contribution in [2.75, 3.05) is 6.54 Å². The molecule has 104 valence electrons. The monoisotopic (exact) mass is 273 g/mol. The van der Waals surface area contributed by atoms with E-state index in [2.05, 4.69) is 14.9 Å². The highest BCUT2D eigenvalue weighted by Crippen LogP contribution is 2.33. The lowest BCUT2D eigenvalue weighted by Gasteiger charge is -2.24. The highest BCUT2D eigenvalue weighted by molar-refractivity contribution is 5.22. The standard InChI is InChI=1S/C15H16FN3O/c16-13-3-1-12(2-4-13)15-5-14(20)9-19(15)8-11-6-17-10-18-7-11/h1-4,6-7,10,14-15,20H,5,8-9H2/t14-,15-/m0/s1. The molecule has 0 aliphatic carbocycles. The van der Waals surface area contributed by atoms with E-state index in [0.717, 1.165) is 11.1 Å². The minimum Gasteiger partial charge on any atom is -0.392 e. The Morgan fingerprint density at radius 3 is 2.60 bits per heavy atom. The molecule has 0 amide bonds. The number of hydrogen-bond acceptors (Lipinski definition) is 4. The van der Waals surface area contributed by atoms with E-state index >= 15 is 0 Å². The molecule has 1 aromatic carbocycles. The molecular weight excluding hydrogens is 257 g/mol. The summed E-state index contributed by atoms with van der Waals surface area (Å²) in [4.78, 5) is 10.2. The lowest BCUT2D eigenvalue weighted by Crippen LogP contribution is -2.24. The molecule has 2 aromatic rings. The summed E-state index contributed by atoms with van der Waals surface area (Å²) < 4.78 is 13.0. The van der Waals surface area contributed by atoms with Gasteiger partial charge >= 0.3 is 0 Å². The van der Waals surface area contributed by atoms with Crippen LogP contribution in [0, 0.1) is 5.82 Å². The summed E-state index contributed by atoms with van der Waals surface area (Å²) in [5.41, 5.74) is 2.04. The van der Waals surface area contributed by atoms with E-state index in [1.165, 1.54) is 18.5 Å². The lowest BCUT2D eigenvalue weighted by atomic mass is 10.0.